The number of allylic oxidation sites excluding steroid dienone is 2. The van der Waals surface area contributed by atoms with Crippen LogP contribution in [0.1, 0.15) is 130 Å². The van der Waals surface area contributed by atoms with E-state index in [0.717, 1.165) is 32.1 Å². The molecule has 0 saturated carbocycles. The van der Waals surface area contributed by atoms with Gasteiger partial charge in [0.05, 0.1) is 0 Å². The fourth-order valence-corrected chi connectivity index (χ4v) is 3.69. The van der Waals surface area contributed by atoms with Gasteiger partial charge in [0.15, 0.2) is 0 Å². The van der Waals surface area contributed by atoms with Crippen molar-refractivity contribution in [1.29, 1.82) is 0 Å². The SMILES string of the molecule is CCCCCCCC/C=C\CCCCCCCC(=O)N[C@@H](CCCNC(=O)OC(C)(C)C)C(=O)O. The number of alkyl carbamates (subject to hydrolysis) is 1. The van der Waals surface area contributed by atoms with Gasteiger partial charge in [-0.15, -0.1) is 0 Å². The first kappa shape index (κ1) is 33.0. The number of rotatable bonds is 21. The highest BCUT2D eigenvalue weighted by Crippen LogP contribution is 2.10. The highest BCUT2D eigenvalue weighted by molar-refractivity contribution is 5.83. The third-order valence-corrected chi connectivity index (χ3v) is 5.64. The van der Waals surface area contributed by atoms with Crippen LogP contribution < -0.4 is 10.6 Å². The van der Waals surface area contributed by atoms with E-state index in [-0.39, 0.29) is 12.3 Å². The van der Waals surface area contributed by atoms with Crippen LogP contribution in [0.15, 0.2) is 12.2 Å². The van der Waals surface area contributed by atoms with Gasteiger partial charge in [-0.05, 0) is 65.7 Å². The Bertz CT molecular complexity index is 599. The Morgan fingerprint density at radius 2 is 1.37 bits per heavy atom. The molecule has 0 spiro atoms. The topological polar surface area (TPSA) is 105 Å². The molecular weight excluding hydrogens is 444 g/mol. The Hall–Kier alpha value is -2.05. The molecule has 0 aliphatic carbocycles. The van der Waals surface area contributed by atoms with Gasteiger partial charge in [-0.25, -0.2) is 9.59 Å². The first-order valence-corrected chi connectivity index (χ1v) is 13.8. The zero-order valence-corrected chi connectivity index (χ0v) is 22.8. The lowest BCUT2D eigenvalue weighted by Crippen LogP contribution is -2.41. The first-order chi connectivity index (χ1) is 16.7. The van der Waals surface area contributed by atoms with E-state index < -0.39 is 23.7 Å². The number of amides is 2. The Morgan fingerprint density at radius 3 is 1.91 bits per heavy atom. The molecule has 0 heterocycles. The van der Waals surface area contributed by atoms with Crippen molar-refractivity contribution < 1.29 is 24.2 Å². The molecular formula is C28H52N2O5. The zero-order chi connectivity index (χ0) is 26.4. The number of ether oxygens (including phenoxy) is 1. The molecule has 0 bridgehead atoms. The lowest BCUT2D eigenvalue weighted by Gasteiger charge is -2.20. The summed E-state index contributed by atoms with van der Waals surface area (Å²) in [6.07, 6.45) is 20.7. The molecule has 0 radical (unpaired) electrons. The first-order valence-electron chi connectivity index (χ1n) is 13.8. The average molecular weight is 497 g/mol. The summed E-state index contributed by atoms with van der Waals surface area (Å²) in [6.45, 7) is 7.87. The standard InChI is InChI=1S/C28H52N2O5/c1-5-6-7-8-9-10-11-12-13-14-15-16-17-18-19-22-25(31)30-24(26(32)33)21-20-23-29-27(34)35-28(2,3)4/h12-13,24H,5-11,14-23H2,1-4H3,(H,29,34)(H,30,31)(H,32,33)/b13-12-/t24-/m0/s1. The smallest absolute Gasteiger partial charge is 0.407 e. The van der Waals surface area contributed by atoms with Gasteiger partial charge in [-0.1, -0.05) is 70.4 Å². The minimum Gasteiger partial charge on any atom is -0.480 e. The van der Waals surface area contributed by atoms with Crippen LogP contribution in [0.4, 0.5) is 4.79 Å². The van der Waals surface area contributed by atoms with Crippen molar-refractivity contribution in [2.24, 2.45) is 0 Å². The van der Waals surface area contributed by atoms with Crippen molar-refractivity contribution in [3.63, 3.8) is 0 Å². The molecule has 3 N–H and O–H groups in total. The van der Waals surface area contributed by atoms with Gasteiger partial charge in [-0.2, -0.15) is 0 Å². The van der Waals surface area contributed by atoms with Gasteiger partial charge in [-0.3, -0.25) is 4.79 Å². The second-order valence-electron chi connectivity index (χ2n) is 10.4. The molecule has 1 atom stereocenters. The highest BCUT2D eigenvalue weighted by Gasteiger charge is 2.20. The number of hydrogen-bond acceptors (Lipinski definition) is 4. The molecule has 0 saturated heterocycles. The molecule has 0 aromatic carbocycles. The van der Waals surface area contributed by atoms with Gasteiger partial charge in [0.2, 0.25) is 5.91 Å². The predicted octanol–water partition coefficient (Wildman–Crippen LogP) is 6.90. The van der Waals surface area contributed by atoms with Crippen LogP contribution in [0.2, 0.25) is 0 Å². The van der Waals surface area contributed by atoms with Crippen molar-refractivity contribution in [2.75, 3.05) is 6.54 Å². The van der Waals surface area contributed by atoms with Crippen LogP contribution in [-0.4, -0.2) is 41.3 Å². The monoisotopic (exact) mass is 496 g/mol. The lowest BCUT2D eigenvalue weighted by atomic mass is 10.1. The molecule has 0 aromatic heterocycles. The molecule has 0 rings (SSSR count). The summed E-state index contributed by atoms with van der Waals surface area (Å²) in [5, 5.41) is 14.6. The fraction of sp³-hybridized carbons (Fsp3) is 0.821. The van der Waals surface area contributed by atoms with Crippen LogP contribution in [0.3, 0.4) is 0 Å². The number of carbonyl (C=O) groups excluding carboxylic acids is 2. The Labute approximate surface area is 213 Å². The van der Waals surface area contributed by atoms with E-state index in [4.69, 9.17) is 4.74 Å². The van der Waals surface area contributed by atoms with E-state index in [1.807, 2.05) is 0 Å². The van der Waals surface area contributed by atoms with Crippen molar-refractivity contribution in [3.8, 4) is 0 Å². The van der Waals surface area contributed by atoms with Gasteiger partial charge in [0, 0.05) is 13.0 Å². The second kappa shape index (κ2) is 21.3. The minimum atomic E-state index is -1.06. The Morgan fingerprint density at radius 1 is 0.829 bits per heavy atom. The number of nitrogens with one attached hydrogen (secondary N) is 2. The Balaban J connectivity index is 3.74. The van der Waals surface area contributed by atoms with E-state index in [1.165, 1.54) is 51.4 Å². The molecule has 7 nitrogen and oxygen atoms in total. The number of unbranched alkanes of at least 4 members (excludes halogenated alkanes) is 11. The summed E-state index contributed by atoms with van der Waals surface area (Å²) in [7, 11) is 0. The summed E-state index contributed by atoms with van der Waals surface area (Å²) in [6, 6.07) is -0.939. The van der Waals surface area contributed by atoms with Gasteiger partial charge >= 0.3 is 12.1 Å². The van der Waals surface area contributed by atoms with Crippen molar-refractivity contribution in [1.82, 2.24) is 10.6 Å². The number of carboxylic acid groups (broad SMARTS) is 1. The molecule has 0 unspecified atom stereocenters. The van der Waals surface area contributed by atoms with Gasteiger partial charge in [0.25, 0.3) is 0 Å². The zero-order valence-electron chi connectivity index (χ0n) is 22.8. The maximum atomic E-state index is 12.1. The average Bonchev–Trinajstić information content (AvgIpc) is 2.77. The van der Waals surface area contributed by atoms with Crippen LogP contribution >= 0.6 is 0 Å². The second-order valence-corrected chi connectivity index (χ2v) is 10.4. The van der Waals surface area contributed by atoms with Crippen LogP contribution in [0.5, 0.6) is 0 Å². The predicted molar refractivity (Wildman–Crippen MR) is 142 cm³/mol. The molecule has 2 amide bonds. The fourth-order valence-electron chi connectivity index (χ4n) is 3.69. The molecule has 35 heavy (non-hydrogen) atoms. The molecule has 0 aliphatic heterocycles. The summed E-state index contributed by atoms with van der Waals surface area (Å²) in [5.74, 6) is -1.28. The summed E-state index contributed by atoms with van der Waals surface area (Å²) in [5.41, 5.74) is -0.578. The maximum absolute atomic E-state index is 12.1. The number of hydrogen-bond donors (Lipinski definition) is 3. The highest BCUT2D eigenvalue weighted by atomic mass is 16.6. The summed E-state index contributed by atoms with van der Waals surface area (Å²) in [4.78, 5) is 35.2. The van der Waals surface area contributed by atoms with Crippen molar-refractivity contribution >= 4 is 18.0 Å². The van der Waals surface area contributed by atoms with E-state index in [1.54, 1.807) is 20.8 Å². The normalized spacial score (nSPS) is 12.5. The number of carboxylic acids is 1. The van der Waals surface area contributed by atoms with Crippen LogP contribution in [0.25, 0.3) is 0 Å². The molecule has 204 valence electrons. The van der Waals surface area contributed by atoms with E-state index >= 15 is 0 Å². The van der Waals surface area contributed by atoms with Gasteiger partial charge < -0.3 is 20.5 Å². The third kappa shape index (κ3) is 23.5. The molecule has 7 heteroatoms. The van der Waals surface area contributed by atoms with E-state index in [9.17, 15) is 19.5 Å². The largest absolute Gasteiger partial charge is 0.480 e. The van der Waals surface area contributed by atoms with Crippen LogP contribution in [-0.2, 0) is 14.3 Å². The number of carbonyl (C=O) groups is 3. The summed E-state index contributed by atoms with van der Waals surface area (Å²) < 4.78 is 5.14. The lowest BCUT2D eigenvalue weighted by molar-refractivity contribution is -0.142. The summed E-state index contributed by atoms with van der Waals surface area (Å²) >= 11 is 0. The molecule has 0 aliphatic rings. The van der Waals surface area contributed by atoms with E-state index in [0.29, 0.717) is 19.4 Å². The Kier molecular flexibility index (Phi) is 20.0. The van der Waals surface area contributed by atoms with E-state index in [2.05, 4.69) is 29.7 Å². The molecule has 0 aromatic rings. The maximum Gasteiger partial charge on any atom is 0.407 e. The quantitative estimate of drug-likeness (QED) is 0.118. The van der Waals surface area contributed by atoms with Gasteiger partial charge in [0.1, 0.15) is 11.6 Å². The minimum absolute atomic E-state index is 0.227. The molecule has 0 fully saturated rings. The van der Waals surface area contributed by atoms with Crippen molar-refractivity contribution in [2.45, 2.75) is 142 Å². The number of aliphatic carboxylic acids is 1. The van der Waals surface area contributed by atoms with Crippen molar-refractivity contribution in [3.05, 3.63) is 12.2 Å². The van der Waals surface area contributed by atoms with Crippen LogP contribution in [0, 0.1) is 0 Å². The third-order valence-electron chi connectivity index (χ3n) is 5.64.